The topological polar surface area (TPSA) is 68.9 Å². The molecule has 3 aromatic rings. The fraction of sp³-hybridized carbons (Fsp3) is 0.543. The van der Waals surface area contributed by atoms with Gasteiger partial charge in [0.25, 0.3) is 0 Å². The number of benzene rings is 1. The lowest BCUT2D eigenvalue weighted by molar-refractivity contribution is -0.143. The van der Waals surface area contributed by atoms with Gasteiger partial charge in [-0.05, 0) is 98.1 Å². The van der Waals surface area contributed by atoms with E-state index in [1.807, 2.05) is 6.07 Å². The zero-order valence-corrected chi connectivity index (χ0v) is 26.6. The zero-order chi connectivity index (χ0) is 33.6. The summed E-state index contributed by atoms with van der Waals surface area (Å²) >= 11 is 0. The minimum atomic E-state index is -4.93. The molecule has 12 heteroatoms. The molecule has 47 heavy (non-hydrogen) atoms. The molecule has 0 atom stereocenters. The zero-order valence-electron chi connectivity index (χ0n) is 26.6. The van der Waals surface area contributed by atoms with Crippen molar-refractivity contribution in [3.63, 3.8) is 0 Å². The molecule has 250 valence electrons. The van der Waals surface area contributed by atoms with Crippen LogP contribution >= 0.6 is 0 Å². The van der Waals surface area contributed by atoms with Gasteiger partial charge in [0.2, 0.25) is 5.95 Å². The van der Waals surface area contributed by atoms with Gasteiger partial charge in [0, 0.05) is 31.6 Å². The molecule has 2 heterocycles. The van der Waals surface area contributed by atoms with Crippen LogP contribution in [0, 0.1) is 23.2 Å². The average Bonchev–Trinajstić information content (AvgIpc) is 3.96. The first kappa shape index (κ1) is 33.0. The maximum Gasteiger partial charge on any atom is 0.416 e. The number of rotatable bonds is 12. The van der Waals surface area contributed by atoms with Crippen molar-refractivity contribution in [2.75, 3.05) is 36.0 Å². The van der Waals surface area contributed by atoms with Gasteiger partial charge in [0.15, 0.2) is 0 Å². The Labute approximate surface area is 270 Å². The Hall–Kier alpha value is -3.88. The van der Waals surface area contributed by atoms with Crippen LogP contribution in [0.1, 0.15) is 85.0 Å². The van der Waals surface area contributed by atoms with Crippen molar-refractivity contribution in [3.05, 3.63) is 75.7 Å². The Morgan fingerprint density at radius 2 is 1.40 bits per heavy atom. The van der Waals surface area contributed by atoms with E-state index in [2.05, 4.69) is 34.8 Å². The number of nitrogens with zero attached hydrogens (tertiary/aromatic N) is 6. The summed E-state index contributed by atoms with van der Waals surface area (Å²) in [7, 11) is 0. The van der Waals surface area contributed by atoms with Crippen LogP contribution in [0.5, 0.6) is 0 Å². The third kappa shape index (κ3) is 7.99. The predicted molar refractivity (Wildman–Crippen MR) is 166 cm³/mol. The average molecular weight is 657 g/mol. The van der Waals surface area contributed by atoms with Crippen molar-refractivity contribution in [3.8, 4) is 6.07 Å². The second kappa shape index (κ2) is 12.6. The van der Waals surface area contributed by atoms with Gasteiger partial charge in [-0.25, -0.2) is 15.0 Å². The molecule has 2 fully saturated rings. The first-order valence-corrected chi connectivity index (χ1v) is 16.2. The summed E-state index contributed by atoms with van der Waals surface area (Å²) in [4.78, 5) is 18.2. The highest BCUT2D eigenvalue weighted by atomic mass is 19.4. The third-order valence-corrected chi connectivity index (χ3v) is 9.49. The van der Waals surface area contributed by atoms with Gasteiger partial charge in [-0.2, -0.15) is 31.6 Å². The predicted octanol–water partition coefficient (Wildman–Crippen LogP) is 7.92. The summed E-state index contributed by atoms with van der Waals surface area (Å²) < 4.78 is 81.3. The van der Waals surface area contributed by atoms with Gasteiger partial charge in [0.1, 0.15) is 11.9 Å². The number of fused-ring (bicyclic) bond motifs is 1. The second-order valence-corrected chi connectivity index (χ2v) is 13.9. The van der Waals surface area contributed by atoms with Crippen LogP contribution in [0.3, 0.4) is 0 Å². The molecule has 6 rings (SSSR count). The molecular formula is C35H38F6N6. The summed E-state index contributed by atoms with van der Waals surface area (Å²) in [5.74, 6) is 2.53. The first-order valence-electron chi connectivity index (χ1n) is 16.2. The minimum Gasteiger partial charge on any atom is -0.356 e. The summed E-state index contributed by atoms with van der Waals surface area (Å²) in [6.45, 7) is 6.78. The summed E-state index contributed by atoms with van der Waals surface area (Å²) in [5, 5.41) is 9.25. The van der Waals surface area contributed by atoms with Crippen molar-refractivity contribution in [2.45, 2.75) is 83.0 Å². The molecule has 0 aliphatic heterocycles. The Kier molecular flexibility index (Phi) is 8.87. The number of hydrogen-bond donors (Lipinski definition) is 0. The van der Waals surface area contributed by atoms with E-state index in [4.69, 9.17) is 4.98 Å². The molecule has 3 aliphatic rings. The maximum absolute atomic E-state index is 13.6. The highest BCUT2D eigenvalue weighted by molar-refractivity contribution is 5.53. The number of nitriles is 1. The molecule has 0 bridgehead atoms. The minimum absolute atomic E-state index is 0.0317. The van der Waals surface area contributed by atoms with Crippen LogP contribution in [-0.4, -0.2) is 41.1 Å². The number of anilines is 2. The fourth-order valence-electron chi connectivity index (χ4n) is 6.40. The molecule has 0 unspecified atom stereocenters. The molecule has 3 aliphatic carbocycles. The second-order valence-electron chi connectivity index (χ2n) is 13.9. The van der Waals surface area contributed by atoms with Gasteiger partial charge in [-0.15, -0.1) is 0 Å². The lowest BCUT2D eigenvalue weighted by Gasteiger charge is -2.30. The number of aryl methyl sites for hydroxylation is 1. The van der Waals surface area contributed by atoms with Crippen LogP contribution in [0.15, 0.2) is 36.7 Å². The van der Waals surface area contributed by atoms with E-state index < -0.39 is 23.5 Å². The van der Waals surface area contributed by atoms with Gasteiger partial charge in [0.05, 0.1) is 34.8 Å². The van der Waals surface area contributed by atoms with Crippen molar-refractivity contribution in [2.24, 2.45) is 11.8 Å². The highest BCUT2D eigenvalue weighted by Gasteiger charge is 2.38. The molecular weight excluding hydrogens is 618 g/mol. The molecule has 0 saturated heterocycles. The van der Waals surface area contributed by atoms with Crippen LogP contribution < -0.4 is 9.80 Å². The monoisotopic (exact) mass is 656 g/mol. The largest absolute Gasteiger partial charge is 0.416 e. The lowest BCUT2D eigenvalue weighted by atomic mass is 9.90. The third-order valence-electron chi connectivity index (χ3n) is 9.49. The Balaban J connectivity index is 1.30. The van der Waals surface area contributed by atoms with Gasteiger partial charge in [-0.1, -0.05) is 19.9 Å². The Morgan fingerprint density at radius 1 is 0.830 bits per heavy atom. The molecule has 1 aromatic carbocycles. The summed E-state index contributed by atoms with van der Waals surface area (Å²) in [5.41, 5.74) is 0.855. The van der Waals surface area contributed by atoms with Gasteiger partial charge >= 0.3 is 12.4 Å². The van der Waals surface area contributed by atoms with E-state index in [9.17, 15) is 31.6 Å². The van der Waals surface area contributed by atoms with E-state index in [0.717, 1.165) is 55.1 Å². The van der Waals surface area contributed by atoms with E-state index >= 15 is 0 Å². The molecule has 0 radical (unpaired) electrons. The van der Waals surface area contributed by atoms with Crippen LogP contribution in [0.2, 0.25) is 0 Å². The van der Waals surface area contributed by atoms with Gasteiger partial charge < -0.3 is 9.80 Å². The molecule has 0 N–H and O–H groups in total. The quantitative estimate of drug-likeness (QED) is 0.185. The van der Waals surface area contributed by atoms with E-state index in [0.29, 0.717) is 24.8 Å². The van der Waals surface area contributed by atoms with Crippen molar-refractivity contribution in [1.29, 1.82) is 5.26 Å². The van der Waals surface area contributed by atoms with Crippen LogP contribution in [-0.2, 0) is 37.0 Å². The Bertz CT molecular complexity index is 1590. The van der Waals surface area contributed by atoms with Crippen LogP contribution in [0.25, 0.3) is 0 Å². The first-order chi connectivity index (χ1) is 22.2. The number of pyridine rings is 1. The normalized spacial score (nSPS) is 17.3. The SMILES string of the molecule is CC1(C)CCc2cc(CCN(CCc3cc(C(F)(F)F)cc(C(F)(F)F)c3)c3ncc(C#N)cn3)c(N(CC3CC3)CC3CC3)nc21. The van der Waals surface area contributed by atoms with Crippen LogP contribution in [0.4, 0.5) is 38.1 Å². The number of hydrogen-bond acceptors (Lipinski definition) is 6. The molecule has 0 amide bonds. The number of aromatic nitrogens is 3. The summed E-state index contributed by atoms with van der Waals surface area (Å²) in [6, 6.07) is 5.90. The smallest absolute Gasteiger partial charge is 0.356 e. The lowest BCUT2D eigenvalue weighted by Crippen LogP contribution is -2.33. The fourth-order valence-corrected chi connectivity index (χ4v) is 6.40. The van der Waals surface area contributed by atoms with E-state index in [-0.39, 0.29) is 41.5 Å². The van der Waals surface area contributed by atoms with Crippen molar-refractivity contribution >= 4 is 11.8 Å². The number of halogens is 6. The van der Waals surface area contributed by atoms with Crippen molar-refractivity contribution in [1.82, 2.24) is 15.0 Å². The van der Waals surface area contributed by atoms with Crippen molar-refractivity contribution < 1.29 is 26.3 Å². The van der Waals surface area contributed by atoms with E-state index in [1.165, 1.54) is 43.6 Å². The van der Waals surface area contributed by atoms with E-state index in [1.54, 1.807) is 4.90 Å². The molecule has 0 spiro atoms. The molecule has 2 aromatic heterocycles. The molecule has 2 saturated carbocycles. The van der Waals surface area contributed by atoms with Gasteiger partial charge in [-0.3, -0.25) is 0 Å². The molecule has 6 nitrogen and oxygen atoms in total. The standard InChI is InChI=1S/C35H38F6N6/c1-33(2)10-7-26-15-27(31(45-30(26)33)47(20-22-3-4-22)21-23-5-6-23)9-12-46(32-43-18-25(17-42)19-44-32)11-8-24-13-28(34(36,37)38)16-29(14-24)35(39,40)41/h13-16,18-19,22-23H,3-12,20-21H2,1-2H3. The Morgan fingerprint density at radius 3 is 1.94 bits per heavy atom. The summed E-state index contributed by atoms with van der Waals surface area (Å²) in [6.07, 6.45) is 0.0670. The number of alkyl halides is 6. The highest BCUT2D eigenvalue weighted by Crippen LogP contribution is 2.42. The maximum atomic E-state index is 13.6.